The number of hydrogen-bond acceptors (Lipinski definition) is 2. The number of nitrogens with zero attached hydrogens (tertiary/aromatic N) is 1. The fourth-order valence-corrected chi connectivity index (χ4v) is 2.16. The molecule has 0 fully saturated rings. The lowest BCUT2D eigenvalue weighted by molar-refractivity contribution is 0.102. The second-order valence-corrected chi connectivity index (χ2v) is 5.40. The van der Waals surface area contributed by atoms with Crippen molar-refractivity contribution in [3.63, 3.8) is 0 Å². The molecule has 0 atom stereocenters. The zero-order valence-corrected chi connectivity index (χ0v) is 12.8. The highest BCUT2D eigenvalue weighted by Gasteiger charge is 2.09. The number of rotatable bonds is 2. The molecule has 19 heavy (non-hydrogen) atoms. The summed E-state index contributed by atoms with van der Waals surface area (Å²) in [6.45, 7) is 3.71. The summed E-state index contributed by atoms with van der Waals surface area (Å²) in [5, 5.41) is 3.49. The van der Waals surface area contributed by atoms with Crippen molar-refractivity contribution in [2.24, 2.45) is 0 Å². The number of amides is 1. The van der Waals surface area contributed by atoms with Crippen LogP contribution in [0.3, 0.4) is 0 Å². The molecular weight excluding hydrogens is 328 g/mol. The Morgan fingerprint density at radius 1 is 1.26 bits per heavy atom. The minimum Gasteiger partial charge on any atom is -0.320 e. The number of pyridine rings is 1. The molecule has 0 aliphatic rings. The fourth-order valence-electron chi connectivity index (χ4n) is 1.64. The van der Waals surface area contributed by atoms with E-state index in [0.29, 0.717) is 16.3 Å². The Morgan fingerprint density at radius 3 is 2.63 bits per heavy atom. The third kappa shape index (κ3) is 3.33. The second-order valence-electron chi connectivity index (χ2n) is 4.19. The van der Waals surface area contributed by atoms with Crippen LogP contribution in [0.1, 0.15) is 21.6 Å². The van der Waals surface area contributed by atoms with Crippen molar-refractivity contribution < 1.29 is 4.79 Å². The van der Waals surface area contributed by atoms with Gasteiger partial charge in [-0.1, -0.05) is 11.6 Å². The van der Waals surface area contributed by atoms with E-state index in [-0.39, 0.29) is 5.91 Å². The van der Waals surface area contributed by atoms with Crippen LogP contribution in [0, 0.1) is 13.8 Å². The molecule has 0 aliphatic heterocycles. The largest absolute Gasteiger partial charge is 0.320 e. The summed E-state index contributed by atoms with van der Waals surface area (Å²) in [6, 6.07) is 8.78. The molecule has 2 aromatic rings. The first-order chi connectivity index (χ1) is 8.97. The molecule has 0 bridgehead atoms. The zero-order chi connectivity index (χ0) is 14.0. The highest BCUT2D eigenvalue weighted by atomic mass is 79.9. The molecule has 98 valence electrons. The topological polar surface area (TPSA) is 42.0 Å². The quantitative estimate of drug-likeness (QED) is 0.826. The summed E-state index contributed by atoms with van der Waals surface area (Å²) >= 11 is 9.23. The van der Waals surface area contributed by atoms with Crippen molar-refractivity contribution >= 4 is 39.1 Å². The molecule has 1 N–H and O–H groups in total. The van der Waals surface area contributed by atoms with Gasteiger partial charge in [-0.15, -0.1) is 0 Å². The molecule has 1 aromatic heterocycles. The maximum absolute atomic E-state index is 12.1. The zero-order valence-electron chi connectivity index (χ0n) is 10.5. The van der Waals surface area contributed by atoms with E-state index in [1.165, 1.54) is 0 Å². The average Bonchev–Trinajstić information content (AvgIpc) is 2.36. The van der Waals surface area contributed by atoms with Crippen molar-refractivity contribution in [1.82, 2.24) is 4.98 Å². The summed E-state index contributed by atoms with van der Waals surface area (Å²) in [7, 11) is 0. The first-order valence-corrected chi connectivity index (χ1v) is 6.85. The Balaban J connectivity index is 2.23. The van der Waals surface area contributed by atoms with Gasteiger partial charge in [-0.05, 0) is 65.7 Å². The van der Waals surface area contributed by atoms with Crippen molar-refractivity contribution in [1.29, 1.82) is 0 Å². The van der Waals surface area contributed by atoms with Crippen molar-refractivity contribution in [2.75, 3.05) is 5.32 Å². The van der Waals surface area contributed by atoms with Crippen LogP contribution in [0.2, 0.25) is 5.02 Å². The number of hydrogen-bond donors (Lipinski definition) is 1. The first-order valence-electron chi connectivity index (χ1n) is 5.68. The van der Waals surface area contributed by atoms with Crippen LogP contribution in [-0.2, 0) is 0 Å². The Labute approximate surface area is 125 Å². The molecule has 3 nitrogen and oxygen atoms in total. The number of carbonyl (C=O) groups is 1. The van der Waals surface area contributed by atoms with Crippen LogP contribution in [-0.4, -0.2) is 10.9 Å². The number of halogens is 2. The minimum absolute atomic E-state index is 0.174. The molecule has 1 amide bonds. The number of aromatic nitrogens is 1. The van der Waals surface area contributed by atoms with Gasteiger partial charge in [-0.3, -0.25) is 4.79 Å². The molecule has 0 saturated carbocycles. The second kappa shape index (κ2) is 5.72. The summed E-state index contributed by atoms with van der Waals surface area (Å²) in [5.41, 5.74) is 2.90. The highest BCUT2D eigenvalue weighted by molar-refractivity contribution is 9.10. The molecule has 0 unspecified atom stereocenters. The molecule has 0 radical (unpaired) electrons. The number of aryl methyl sites for hydroxylation is 2. The third-order valence-corrected chi connectivity index (χ3v) is 3.59. The molecule has 0 spiro atoms. The van der Waals surface area contributed by atoms with Gasteiger partial charge in [0.2, 0.25) is 0 Å². The maximum atomic E-state index is 12.1. The van der Waals surface area contributed by atoms with Gasteiger partial charge in [0.05, 0.1) is 11.4 Å². The van der Waals surface area contributed by atoms with E-state index in [0.717, 1.165) is 15.9 Å². The van der Waals surface area contributed by atoms with E-state index in [4.69, 9.17) is 11.6 Å². The van der Waals surface area contributed by atoms with E-state index in [1.807, 2.05) is 19.9 Å². The summed E-state index contributed by atoms with van der Waals surface area (Å²) in [5.74, 6) is -0.174. The predicted molar refractivity (Wildman–Crippen MR) is 80.8 cm³/mol. The Morgan fingerprint density at radius 2 is 2.00 bits per heavy atom. The van der Waals surface area contributed by atoms with Crippen LogP contribution in [0.5, 0.6) is 0 Å². The van der Waals surface area contributed by atoms with Gasteiger partial charge >= 0.3 is 0 Å². The number of anilines is 1. The lowest BCUT2D eigenvalue weighted by Crippen LogP contribution is -2.13. The van der Waals surface area contributed by atoms with E-state index in [2.05, 4.69) is 26.2 Å². The smallest absolute Gasteiger partial charge is 0.255 e. The van der Waals surface area contributed by atoms with Crippen LogP contribution < -0.4 is 5.32 Å². The van der Waals surface area contributed by atoms with Crippen LogP contribution in [0.15, 0.2) is 34.9 Å². The summed E-state index contributed by atoms with van der Waals surface area (Å²) in [6.07, 6.45) is 0. The van der Waals surface area contributed by atoms with Gasteiger partial charge in [0.25, 0.3) is 5.91 Å². The molecule has 0 saturated heterocycles. The van der Waals surface area contributed by atoms with Crippen molar-refractivity contribution in [2.45, 2.75) is 13.8 Å². The Hall–Kier alpha value is -1.39. The predicted octanol–water partition coefficient (Wildman–Crippen LogP) is 4.37. The number of benzene rings is 1. The molecule has 5 heteroatoms. The van der Waals surface area contributed by atoms with E-state index < -0.39 is 0 Å². The average molecular weight is 340 g/mol. The van der Waals surface area contributed by atoms with E-state index in [1.54, 1.807) is 24.3 Å². The van der Waals surface area contributed by atoms with Crippen molar-refractivity contribution in [3.8, 4) is 0 Å². The molecular formula is C14H12BrClN2O. The van der Waals surface area contributed by atoms with Crippen LogP contribution in [0.25, 0.3) is 0 Å². The maximum Gasteiger partial charge on any atom is 0.255 e. The standard InChI is InChI=1S/C14H12BrClN2O/c1-8-7-10(3-4-11(8)16)14(19)18-12-5-6-13(15)17-9(12)2/h3-7H,1-2H3,(H,18,19). The van der Waals surface area contributed by atoms with Gasteiger partial charge in [0.1, 0.15) is 4.60 Å². The SMILES string of the molecule is Cc1cc(C(=O)Nc2ccc(Br)nc2C)ccc1Cl. The van der Waals surface area contributed by atoms with E-state index in [9.17, 15) is 4.79 Å². The van der Waals surface area contributed by atoms with Gasteiger partial charge in [-0.2, -0.15) is 0 Å². The lowest BCUT2D eigenvalue weighted by atomic mass is 10.1. The monoisotopic (exact) mass is 338 g/mol. The van der Waals surface area contributed by atoms with Crippen molar-refractivity contribution in [3.05, 3.63) is 56.8 Å². The number of carbonyl (C=O) groups excluding carboxylic acids is 1. The van der Waals surface area contributed by atoms with Gasteiger partial charge < -0.3 is 5.32 Å². The highest BCUT2D eigenvalue weighted by Crippen LogP contribution is 2.19. The Kier molecular flexibility index (Phi) is 4.22. The van der Waals surface area contributed by atoms with Gasteiger partial charge in [-0.25, -0.2) is 4.98 Å². The Bertz CT molecular complexity index is 643. The third-order valence-electron chi connectivity index (χ3n) is 2.72. The van der Waals surface area contributed by atoms with Crippen LogP contribution in [0.4, 0.5) is 5.69 Å². The van der Waals surface area contributed by atoms with Gasteiger partial charge in [0, 0.05) is 10.6 Å². The van der Waals surface area contributed by atoms with Gasteiger partial charge in [0.15, 0.2) is 0 Å². The van der Waals surface area contributed by atoms with E-state index >= 15 is 0 Å². The fraction of sp³-hybridized carbons (Fsp3) is 0.143. The molecule has 1 heterocycles. The lowest BCUT2D eigenvalue weighted by Gasteiger charge is -2.09. The minimum atomic E-state index is -0.174. The molecule has 1 aromatic carbocycles. The first kappa shape index (κ1) is 14.0. The van der Waals surface area contributed by atoms with Crippen LogP contribution >= 0.6 is 27.5 Å². The summed E-state index contributed by atoms with van der Waals surface area (Å²) < 4.78 is 0.741. The normalized spacial score (nSPS) is 10.3. The summed E-state index contributed by atoms with van der Waals surface area (Å²) in [4.78, 5) is 16.4. The molecule has 2 rings (SSSR count). The number of nitrogens with one attached hydrogen (secondary N) is 1. The molecule has 0 aliphatic carbocycles.